The fourth-order valence-corrected chi connectivity index (χ4v) is 4.46. The van der Waals surface area contributed by atoms with Crippen molar-refractivity contribution in [1.82, 2.24) is 10.1 Å². The number of hydrogen-bond donors (Lipinski definition) is 1. The minimum atomic E-state index is -0.559. The molecule has 2 fully saturated rings. The van der Waals surface area contributed by atoms with Gasteiger partial charge in [-0.1, -0.05) is 24.2 Å². The monoisotopic (exact) mass is 432 g/mol. The van der Waals surface area contributed by atoms with Crippen LogP contribution in [-0.2, 0) is 4.84 Å². The molecule has 1 aromatic carbocycles. The molecule has 0 amide bonds. The van der Waals surface area contributed by atoms with Crippen LogP contribution in [-0.4, -0.2) is 22.0 Å². The van der Waals surface area contributed by atoms with Crippen molar-refractivity contribution >= 4 is 11.4 Å². The molecule has 2 aliphatic rings. The molecule has 2 aromatic rings. The first-order chi connectivity index (χ1) is 14.9. The fraction of sp³-hybridized carbons (Fsp3) is 0.609. The van der Waals surface area contributed by atoms with Crippen LogP contribution < -0.4 is 5.73 Å². The highest BCUT2D eigenvalue weighted by Crippen LogP contribution is 2.36. The molecule has 1 heterocycles. The van der Waals surface area contributed by atoms with E-state index < -0.39 is 11.6 Å². The van der Waals surface area contributed by atoms with Gasteiger partial charge in [0.05, 0.1) is 11.4 Å². The lowest BCUT2D eigenvalue weighted by molar-refractivity contribution is 0.0257. The van der Waals surface area contributed by atoms with Crippen LogP contribution in [0.2, 0.25) is 0 Å². The number of oxime groups is 1. The molecular weight excluding hydrogens is 402 g/mol. The molecule has 2 saturated carbocycles. The largest absolute Gasteiger partial charge is 0.396 e. The van der Waals surface area contributed by atoms with Crippen molar-refractivity contribution in [2.45, 2.75) is 89.1 Å². The number of anilines is 1. The Labute approximate surface area is 181 Å². The third-order valence-corrected chi connectivity index (χ3v) is 6.45. The predicted octanol–water partition coefficient (Wildman–Crippen LogP) is 5.81. The van der Waals surface area contributed by atoms with Gasteiger partial charge in [-0.05, 0) is 68.9 Å². The Hall–Kier alpha value is -2.51. The van der Waals surface area contributed by atoms with Crippen LogP contribution in [0.5, 0.6) is 0 Å². The summed E-state index contributed by atoms with van der Waals surface area (Å²) in [5.74, 6) is 1.04. The summed E-state index contributed by atoms with van der Waals surface area (Å²) >= 11 is 0. The van der Waals surface area contributed by atoms with Crippen LogP contribution in [0.1, 0.15) is 100 Å². The van der Waals surface area contributed by atoms with E-state index in [-0.39, 0.29) is 29.5 Å². The number of hydrogen-bond acceptors (Lipinski definition) is 6. The lowest BCUT2D eigenvalue weighted by atomic mass is 9.83. The van der Waals surface area contributed by atoms with Crippen LogP contribution in [0.3, 0.4) is 0 Å². The highest BCUT2D eigenvalue weighted by Gasteiger charge is 2.28. The van der Waals surface area contributed by atoms with Crippen LogP contribution in [0.4, 0.5) is 14.5 Å². The first-order valence-corrected chi connectivity index (χ1v) is 11.2. The summed E-state index contributed by atoms with van der Waals surface area (Å²) in [5.41, 5.74) is 6.70. The molecule has 168 valence electrons. The molecule has 1 aromatic heterocycles. The number of nitrogen functional groups attached to an aromatic ring is 1. The maximum absolute atomic E-state index is 14.2. The minimum Gasteiger partial charge on any atom is -0.396 e. The Balaban J connectivity index is 1.25. The van der Waals surface area contributed by atoms with E-state index in [1.165, 1.54) is 6.07 Å². The second-order valence-corrected chi connectivity index (χ2v) is 9.05. The summed E-state index contributed by atoms with van der Waals surface area (Å²) in [6.07, 6.45) is 6.70. The van der Waals surface area contributed by atoms with Gasteiger partial charge in [0, 0.05) is 17.9 Å². The third-order valence-electron chi connectivity index (χ3n) is 6.45. The highest BCUT2D eigenvalue weighted by atomic mass is 19.1. The molecule has 31 heavy (non-hydrogen) atoms. The number of nitrogens with two attached hydrogens (primary N) is 1. The van der Waals surface area contributed by atoms with Gasteiger partial charge in [-0.2, -0.15) is 4.98 Å². The van der Waals surface area contributed by atoms with Gasteiger partial charge in [-0.15, -0.1) is 0 Å². The molecule has 0 unspecified atom stereocenters. The zero-order chi connectivity index (χ0) is 22.0. The summed E-state index contributed by atoms with van der Waals surface area (Å²) in [5, 5.41) is 8.45. The molecule has 8 heteroatoms. The quantitative estimate of drug-likeness (QED) is 0.476. The molecule has 0 spiro atoms. The van der Waals surface area contributed by atoms with Gasteiger partial charge in [-0.25, -0.2) is 8.78 Å². The van der Waals surface area contributed by atoms with Crippen LogP contribution in [0, 0.1) is 11.6 Å². The second kappa shape index (κ2) is 9.32. The standard InChI is InChI=1S/C23H30F2N4O2/c1-13(2)22-27-23(31-29-22)15-5-9-17(10-6-15)30-28-16-7-3-14(4-8-16)18-11-20(25)21(26)12-19(18)24/h11-15,17H,3-10,26H2,1-2H3. The van der Waals surface area contributed by atoms with Crippen molar-refractivity contribution in [3.63, 3.8) is 0 Å². The zero-order valence-electron chi connectivity index (χ0n) is 18.1. The Morgan fingerprint density at radius 2 is 1.74 bits per heavy atom. The minimum absolute atomic E-state index is 0.0189. The van der Waals surface area contributed by atoms with Gasteiger partial charge in [0.1, 0.15) is 17.7 Å². The van der Waals surface area contributed by atoms with Crippen molar-refractivity contribution in [2.24, 2.45) is 5.16 Å². The number of aromatic nitrogens is 2. The molecule has 0 saturated heterocycles. The molecule has 4 rings (SSSR count). The van der Waals surface area contributed by atoms with E-state index in [1.54, 1.807) is 0 Å². The number of benzene rings is 1. The van der Waals surface area contributed by atoms with Crippen molar-refractivity contribution in [2.75, 3.05) is 5.73 Å². The van der Waals surface area contributed by atoms with Crippen molar-refractivity contribution in [3.05, 3.63) is 41.0 Å². The summed E-state index contributed by atoms with van der Waals surface area (Å²) in [4.78, 5) is 10.3. The Kier molecular flexibility index (Phi) is 6.53. The normalized spacial score (nSPS) is 24.4. The van der Waals surface area contributed by atoms with Crippen molar-refractivity contribution in [1.29, 1.82) is 0 Å². The number of halogens is 2. The second-order valence-electron chi connectivity index (χ2n) is 9.05. The first-order valence-electron chi connectivity index (χ1n) is 11.2. The predicted molar refractivity (Wildman–Crippen MR) is 114 cm³/mol. The van der Waals surface area contributed by atoms with E-state index in [1.807, 2.05) is 0 Å². The summed E-state index contributed by atoms with van der Waals surface area (Å²) in [6, 6.07) is 2.31. The van der Waals surface area contributed by atoms with Gasteiger partial charge >= 0.3 is 0 Å². The van der Waals surface area contributed by atoms with Gasteiger partial charge in [-0.3, -0.25) is 0 Å². The van der Waals surface area contributed by atoms with Crippen LogP contribution >= 0.6 is 0 Å². The van der Waals surface area contributed by atoms with E-state index in [2.05, 4.69) is 29.1 Å². The summed E-state index contributed by atoms with van der Waals surface area (Å²) in [7, 11) is 0. The molecule has 0 bridgehead atoms. The molecule has 0 aliphatic heterocycles. The Morgan fingerprint density at radius 1 is 1.03 bits per heavy atom. The lowest BCUT2D eigenvalue weighted by Gasteiger charge is -2.26. The van der Waals surface area contributed by atoms with Gasteiger partial charge in [0.2, 0.25) is 5.89 Å². The van der Waals surface area contributed by atoms with E-state index in [9.17, 15) is 8.78 Å². The molecule has 2 aliphatic carbocycles. The van der Waals surface area contributed by atoms with Crippen molar-refractivity contribution < 1.29 is 18.1 Å². The number of rotatable bonds is 5. The fourth-order valence-electron chi connectivity index (χ4n) is 4.46. The zero-order valence-corrected chi connectivity index (χ0v) is 18.1. The van der Waals surface area contributed by atoms with Crippen LogP contribution in [0.15, 0.2) is 21.8 Å². The SMILES string of the molecule is CC(C)c1noc(C2CCC(ON=C3CCC(c4cc(F)c(N)cc4F)CC3)CC2)n1. The number of nitrogens with zero attached hydrogens (tertiary/aromatic N) is 3. The topological polar surface area (TPSA) is 86.5 Å². The van der Waals surface area contributed by atoms with Crippen molar-refractivity contribution in [3.8, 4) is 0 Å². The summed E-state index contributed by atoms with van der Waals surface area (Å²) < 4.78 is 33.4. The van der Waals surface area contributed by atoms with E-state index in [0.717, 1.165) is 74.9 Å². The average Bonchev–Trinajstić information content (AvgIpc) is 3.26. The molecular formula is C23H30F2N4O2. The molecule has 0 radical (unpaired) electrons. The maximum Gasteiger partial charge on any atom is 0.229 e. The highest BCUT2D eigenvalue weighted by molar-refractivity contribution is 5.84. The smallest absolute Gasteiger partial charge is 0.229 e. The Bertz CT molecular complexity index is 926. The Morgan fingerprint density at radius 3 is 2.39 bits per heavy atom. The van der Waals surface area contributed by atoms with Gasteiger partial charge in [0.15, 0.2) is 5.82 Å². The molecule has 6 nitrogen and oxygen atoms in total. The van der Waals surface area contributed by atoms with E-state index in [4.69, 9.17) is 15.1 Å². The average molecular weight is 433 g/mol. The first kappa shape index (κ1) is 21.7. The summed E-state index contributed by atoms with van der Waals surface area (Å²) in [6.45, 7) is 4.10. The molecule has 2 N–H and O–H groups in total. The van der Waals surface area contributed by atoms with E-state index in [0.29, 0.717) is 5.56 Å². The van der Waals surface area contributed by atoms with Gasteiger partial charge < -0.3 is 15.1 Å². The molecule has 0 atom stereocenters. The van der Waals surface area contributed by atoms with E-state index >= 15 is 0 Å². The maximum atomic E-state index is 14.2. The van der Waals surface area contributed by atoms with Gasteiger partial charge in [0.25, 0.3) is 0 Å². The third kappa shape index (κ3) is 5.05. The van der Waals surface area contributed by atoms with Crippen LogP contribution in [0.25, 0.3) is 0 Å². The lowest BCUT2D eigenvalue weighted by Crippen LogP contribution is -2.21.